The Hall–Kier alpha value is -1.30. The molecule has 1 saturated heterocycles. The Morgan fingerprint density at radius 1 is 1.35 bits per heavy atom. The molecule has 0 spiro atoms. The van der Waals surface area contributed by atoms with Gasteiger partial charge in [-0.2, -0.15) is 0 Å². The summed E-state index contributed by atoms with van der Waals surface area (Å²) in [5, 5.41) is 3.69. The summed E-state index contributed by atoms with van der Waals surface area (Å²) in [4.78, 5) is 2.53. The summed E-state index contributed by atoms with van der Waals surface area (Å²) in [5.74, 6) is 3.59. The number of benzene rings is 1. The largest absolute Gasteiger partial charge is 0.307 e. The summed E-state index contributed by atoms with van der Waals surface area (Å²) in [5.41, 5.74) is 1.35. The Kier molecular flexibility index (Phi) is 5.23. The van der Waals surface area contributed by atoms with Gasteiger partial charge in [0.15, 0.2) is 0 Å². The number of terminal acetylenes is 1. The van der Waals surface area contributed by atoms with Gasteiger partial charge in [-0.15, -0.1) is 6.42 Å². The van der Waals surface area contributed by atoms with Crippen LogP contribution in [0.25, 0.3) is 0 Å². The Bertz CT molecular complexity index is 446. The summed E-state index contributed by atoms with van der Waals surface area (Å²) in [6, 6.07) is 11.8. The van der Waals surface area contributed by atoms with Crippen molar-refractivity contribution in [2.45, 2.75) is 45.3 Å². The van der Waals surface area contributed by atoms with Crippen LogP contribution < -0.4 is 5.32 Å². The van der Waals surface area contributed by atoms with Crippen LogP contribution in [0.3, 0.4) is 0 Å². The molecule has 0 amide bonds. The van der Waals surface area contributed by atoms with Crippen molar-refractivity contribution in [3.05, 3.63) is 35.9 Å². The Morgan fingerprint density at radius 3 is 2.60 bits per heavy atom. The zero-order valence-electron chi connectivity index (χ0n) is 12.8. The molecule has 20 heavy (non-hydrogen) atoms. The average Bonchev–Trinajstić information content (AvgIpc) is 2.49. The molecule has 1 fully saturated rings. The second-order valence-corrected chi connectivity index (χ2v) is 5.97. The maximum Gasteiger partial charge on any atom is 0.0712 e. The highest BCUT2D eigenvalue weighted by Gasteiger charge is 2.33. The van der Waals surface area contributed by atoms with E-state index in [4.69, 9.17) is 6.42 Å². The molecule has 1 aliphatic rings. The first-order valence-electron chi connectivity index (χ1n) is 7.67. The van der Waals surface area contributed by atoms with Gasteiger partial charge in [0.05, 0.1) is 6.04 Å². The summed E-state index contributed by atoms with van der Waals surface area (Å²) >= 11 is 0. The van der Waals surface area contributed by atoms with Crippen molar-refractivity contribution >= 4 is 0 Å². The van der Waals surface area contributed by atoms with E-state index < -0.39 is 0 Å². The van der Waals surface area contributed by atoms with E-state index in [0.29, 0.717) is 18.0 Å². The smallest absolute Gasteiger partial charge is 0.0712 e. The summed E-state index contributed by atoms with van der Waals surface area (Å²) in [7, 11) is 0. The van der Waals surface area contributed by atoms with E-state index in [2.05, 4.69) is 67.2 Å². The fourth-order valence-corrected chi connectivity index (χ4v) is 3.12. The lowest BCUT2D eigenvalue weighted by atomic mass is 9.93. The lowest BCUT2D eigenvalue weighted by Gasteiger charge is -2.45. The first-order valence-corrected chi connectivity index (χ1v) is 7.67. The molecule has 1 aliphatic heterocycles. The van der Waals surface area contributed by atoms with Gasteiger partial charge in [0, 0.05) is 25.2 Å². The lowest BCUT2D eigenvalue weighted by molar-refractivity contribution is 0.0748. The standard InChI is InChI=1S/C18H26N2/c1-5-16(6-2)20-13-17(15-10-8-7-9-11-15)19-12-18(20)14(3)4/h1,7-11,14,16-19H,6,12-13H2,2-4H3. The van der Waals surface area contributed by atoms with E-state index in [1.54, 1.807) is 0 Å². The highest BCUT2D eigenvalue weighted by atomic mass is 15.3. The van der Waals surface area contributed by atoms with Gasteiger partial charge in [0.25, 0.3) is 0 Å². The third-order valence-electron chi connectivity index (χ3n) is 4.34. The molecule has 3 atom stereocenters. The van der Waals surface area contributed by atoms with Gasteiger partial charge < -0.3 is 5.32 Å². The van der Waals surface area contributed by atoms with E-state index in [1.807, 2.05) is 0 Å². The minimum absolute atomic E-state index is 0.246. The van der Waals surface area contributed by atoms with Crippen LogP contribution in [0.4, 0.5) is 0 Å². The minimum Gasteiger partial charge on any atom is -0.307 e. The molecule has 2 heteroatoms. The third kappa shape index (κ3) is 3.23. The molecular weight excluding hydrogens is 244 g/mol. The molecule has 108 valence electrons. The molecular formula is C18H26N2. The van der Waals surface area contributed by atoms with Gasteiger partial charge in [-0.1, -0.05) is 57.0 Å². The van der Waals surface area contributed by atoms with Crippen molar-refractivity contribution in [1.29, 1.82) is 0 Å². The van der Waals surface area contributed by atoms with E-state index in [1.165, 1.54) is 5.56 Å². The van der Waals surface area contributed by atoms with Crippen molar-refractivity contribution in [2.75, 3.05) is 13.1 Å². The maximum atomic E-state index is 5.75. The number of nitrogens with one attached hydrogen (secondary N) is 1. The van der Waals surface area contributed by atoms with Gasteiger partial charge in [-0.05, 0) is 17.9 Å². The van der Waals surface area contributed by atoms with Crippen molar-refractivity contribution < 1.29 is 0 Å². The first-order chi connectivity index (χ1) is 9.67. The minimum atomic E-state index is 0.246. The number of nitrogens with zero attached hydrogens (tertiary/aromatic N) is 1. The van der Waals surface area contributed by atoms with Crippen LogP contribution in [0.2, 0.25) is 0 Å². The summed E-state index contributed by atoms with van der Waals surface area (Å²) in [6.45, 7) is 8.75. The maximum absolute atomic E-state index is 5.75. The molecule has 0 bridgehead atoms. The van der Waals surface area contributed by atoms with Crippen LogP contribution in [0.1, 0.15) is 38.8 Å². The van der Waals surface area contributed by atoms with Crippen LogP contribution in [-0.2, 0) is 0 Å². The van der Waals surface area contributed by atoms with Crippen molar-refractivity contribution in [2.24, 2.45) is 5.92 Å². The van der Waals surface area contributed by atoms with Gasteiger partial charge in [0.2, 0.25) is 0 Å². The number of piperazine rings is 1. The highest BCUT2D eigenvalue weighted by molar-refractivity contribution is 5.20. The summed E-state index contributed by atoms with van der Waals surface area (Å²) in [6.07, 6.45) is 6.76. The Labute approximate surface area is 123 Å². The first kappa shape index (κ1) is 15.1. The number of rotatable bonds is 4. The monoisotopic (exact) mass is 270 g/mol. The van der Waals surface area contributed by atoms with E-state index in [-0.39, 0.29) is 6.04 Å². The second kappa shape index (κ2) is 6.92. The SMILES string of the molecule is C#CC(CC)N1CC(c2ccccc2)NCC1C(C)C. The normalized spacial score (nSPS) is 25.4. The Morgan fingerprint density at radius 2 is 2.05 bits per heavy atom. The molecule has 1 aromatic rings. The quantitative estimate of drug-likeness (QED) is 0.846. The van der Waals surface area contributed by atoms with Gasteiger partial charge in [-0.3, -0.25) is 4.90 Å². The van der Waals surface area contributed by atoms with E-state index >= 15 is 0 Å². The predicted octanol–water partition coefficient (Wildman–Crippen LogP) is 3.07. The molecule has 0 radical (unpaired) electrons. The van der Waals surface area contributed by atoms with Gasteiger partial charge in [0.1, 0.15) is 0 Å². The van der Waals surface area contributed by atoms with E-state index in [9.17, 15) is 0 Å². The van der Waals surface area contributed by atoms with Gasteiger partial charge in [-0.25, -0.2) is 0 Å². The zero-order chi connectivity index (χ0) is 14.5. The molecule has 2 rings (SSSR count). The topological polar surface area (TPSA) is 15.3 Å². The summed E-state index contributed by atoms with van der Waals surface area (Å²) < 4.78 is 0. The lowest BCUT2D eigenvalue weighted by Crippen LogP contribution is -2.57. The molecule has 2 nitrogen and oxygen atoms in total. The molecule has 0 aliphatic carbocycles. The van der Waals surface area contributed by atoms with Crippen LogP contribution in [-0.4, -0.2) is 30.1 Å². The molecule has 1 aromatic carbocycles. The number of hydrogen-bond donors (Lipinski definition) is 1. The molecule has 1 heterocycles. The van der Waals surface area contributed by atoms with Crippen molar-refractivity contribution in [3.8, 4) is 12.3 Å². The second-order valence-electron chi connectivity index (χ2n) is 5.97. The van der Waals surface area contributed by atoms with Crippen molar-refractivity contribution in [3.63, 3.8) is 0 Å². The molecule has 3 unspecified atom stereocenters. The van der Waals surface area contributed by atoms with Gasteiger partial charge >= 0.3 is 0 Å². The fourth-order valence-electron chi connectivity index (χ4n) is 3.12. The highest BCUT2D eigenvalue weighted by Crippen LogP contribution is 2.25. The van der Waals surface area contributed by atoms with Crippen LogP contribution in [0.15, 0.2) is 30.3 Å². The zero-order valence-corrected chi connectivity index (χ0v) is 12.8. The van der Waals surface area contributed by atoms with Crippen molar-refractivity contribution in [1.82, 2.24) is 10.2 Å². The Balaban J connectivity index is 2.18. The van der Waals surface area contributed by atoms with Crippen LogP contribution in [0, 0.1) is 18.3 Å². The predicted molar refractivity (Wildman–Crippen MR) is 85.4 cm³/mol. The average molecular weight is 270 g/mol. The fraction of sp³-hybridized carbons (Fsp3) is 0.556. The molecule has 1 N–H and O–H groups in total. The molecule has 0 aromatic heterocycles. The third-order valence-corrected chi connectivity index (χ3v) is 4.34. The van der Waals surface area contributed by atoms with E-state index in [0.717, 1.165) is 19.5 Å². The molecule has 0 saturated carbocycles. The number of hydrogen-bond acceptors (Lipinski definition) is 2. The van der Waals surface area contributed by atoms with Crippen LogP contribution >= 0.6 is 0 Å². The van der Waals surface area contributed by atoms with Crippen LogP contribution in [0.5, 0.6) is 0 Å².